The van der Waals surface area contributed by atoms with Crippen LogP contribution < -0.4 is 4.90 Å². The van der Waals surface area contributed by atoms with Crippen molar-refractivity contribution in [2.24, 2.45) is 5.92 Å². The van der Waals surface area contributed by atoms with Crippen molar-refractivity contribution in [1.29, 1.82) is 0 Å². The van der Waals surface area contributed by atoms with Crippen LogP contribution >= 0.6 is 0 Å². The van der Waals surface area contributed by atoms with Crippen LogP contribution in [0.15, 0.2) is 260 Å². The third kappa shape index (κ3) is 6.76. The van der Waals surface area contributed by atoms with Gasteiger partial charge in [0.2, 0.25) is 0 Å². The second-order valence-corrected chi connectivity index (χ2v) is 20.5. The van der Waals surface area contributed by atoms with E-state index in [1.54, 1.807) is 0 Å². The topological polar surface area (TPSA) is 3.24 Å². The predicted octanol–water partition coefficient (Wildman–Crippen LogP) is 19.4. The van der Waals surface area contributed by atoms with E-state index in [4.69, 9.17) is 0 Å². The summed E-state index contributed by atoms with van der Waals surface area (Å²) >= 11 is 0. The molecular weight excluding hydrogens is 879 g/mol. The van der Waals surface area contributed by atoms with E-state index in [2.05, 4.69) is 254 Å². The second-order valence-electron chi connectivity index (χ2n) is 20.5. The maximum atomic E-state index is 2.65. The minimum atomic E-state index is 0.227. The summed E-state index contributed by atoms with van der Waals surface area (Å²) in [5.41, 5.74) is 17.3. The molecule has 4 aliphatic rings. The fourth-order valence-corrected chi connectivity index (χ4v) is 13.2. The van der Waals surface area contributed by atoms with Gasteiger partial charge in [0.1, 0.15) is 0 Å². The van der Waals surface area contributed by atoms with Crippen LogP contribution in [0.2, 0.25) is 0 Å². The number of hydrogen-bond acceptors (Lipinski definition) is 1. The average Bonchev–Trinajstić information content (AvgIpc) is 3.79. The van der Waals surface area contributed by atoms with Gasteiger partial charge in [0.05, 0.1) is 6.04 Å². The number of benzene rings is 11. The highest BCUT2D eigenvalue weighted by atomic mass is 15.2. The molecule has 11 aromatic carbocycles. The molecule has 0 fully saturated rings. The molecule has 0 radical (unpaired) electrons. The van der Waals surface area contributed by atoms with Crippen molar-refractivity contribution in [1.82, 2.24) is 0 Å². The maximum Gasteiger partial charge on any atom is 0.0626 e. The highest BCUT2D eigenvalue weighted by Crippen LogP contribution is 2.51. The van der Waals surface area contributed by atoms with Gasteiger partial charge in [-0.2, -0.15) is 0 Å². The van der Waals surface area contributed by atoms with Gasteiger partial charge in [-0.05, 0) is 182 Å². The fraction of sp³-hybridized carbons (Fsp3) is 0.0833. The van der Waals surface area contributed by atoms with E-state index in [9.17, 15) is 0 Å². The molecule has 0 amide bonds. The highest BCUT2D eigenvalue weighted by Gasteiger charge is 2.40. The second kappa shape index (κ2) is 16.9. The smallest absolute Gasteiger partial charge is 0.0626 e. The largest absolute Gasteiger partial charge is 0.337 e. The maximum absolute atomic E-state index is 2.65. The first-order valence-corrected chi connectivity index (χ1v) is 26.2. The Bertz CT molecular complexity index is 4260. The van der Waals surface area contributed by atoms with Gasteiger partial charge in [-0.15, -0.1) is 0 Å². The quantitative estimate of drug-likeness (QED) is 0.150. The van der Waals surface area contributed by atoms with E-state index in [1.165, 1.54) is 137 Å². The lowest BCUT2D eigenvalue weighted by Crippen LogP contribution is -2.32. The summed E-state index contributed by atoms with van der Waals surface area (Å²) in [5.74, 6) is 0.284. The van der Waals surface area contributed by atoms with E-state index in [0.29, 0.717) is 0 Å². The molecule has 344 valence electrons. The van der Waals surface area contributed by atoms with E-state index in [0.717, 1.165) is 25.7 Å². The molecule has 15 rings (SSSR count). The molecule has 3 aliphatic carbocycles. The Morgan fingerprint density at radius 2 is 0.863 bits per heavy atom. The van der Waals surface area contributed by atoms with Crippen LogP contribution in [0.5, 0.6) is 0 Å². The zero-order valence-electron chi connectivity index (χ0n) is 40.6. The van der Waals surface area contributed by atoms with Crippen LogP contribution in [-0.2, 0) is 0 Å². The molecule has 0 saturated heterocycles. The normalized spacial score (nSPS) is 17.3. The van der Waals surface area contributed by atoms with Crippen molar-refractivity contribution in [2.75, 3.05) is 4.90 Å². The lowest BCUT2D eigenvalue weighted by molar-refractivity contribution is 0.681. The SMILES string of the molecule is C1=CCCC(c2c3ccccc3c(C3=CC4=C(CC3)N(c3ccc(-c5ccc6c(-c7ccc8ccccc8c7)c7ccccc7c(-c7ccc8ccccc8c7)c6c5)cc3)C3C=CC=CC43)c3ccccc23)=C1. The molecule has 0 spiro atoms. The summed E-state index contributed by atoms with van der Waals surface area (Å²) in [6.07, 6.45) is 23.0. The molecule has 73 heavy (non-hydrogen) atoms. The summed E-state index contributed by atoms with van der Waals surface area (Å²) in [5, 5.41) is 15.5. The Hall–Kier alpha value is -8.78. The number of fused-ring (bicyclic) bond motifs is 8. The van der Waals surface area contributed by atoms with Gasteiger partial charge in [-0.25, -0.2) is 0 Å². The summed E-state index contributed by atoms with van der Waals surface area (Å²) < 4.78 is 0. The zero-order valence-corrected chi connectivity index (χ0v) is 40.6. The molecule has 1 nitrogen and oxygen atoms in total. The Morgan fingerprint density at radius 3 is 1.47 bits per heavy atom. The van der Waals surface area contributed by atoms with Crippen LogP contribution in [0.1, 0.15) is 36.8 Å². The fourth-order valence-electron chi connectivity index (χ4n) is 13.2. The third-order valence-electron chi connectivity index (χ3n) is 16.5. The van der Waals surface area contributed by atoms with Crippen LogP contribution in [0, 0.1) is 5.92 Å². The van der Waals surface area contributed by atoms with Gasteiger partial charge >= 0.3 is 0 Å². The van der Waals surface area contributed by atoms with Crippen LogP contribution in [-0.4, -0.2) is 6.04 Å². The standard InChI is InChI=1S/C72H51N/c1-2-18-49(19-3-1)69-58-23-8-10-25-60(58)71(61-26-11-9-24-59(61)69)55-37-41-68-65(45-55)57-22-14-15-29-67(57)73(68)56-38-34-48(35-39-56)52-36-40-64-66(44-52)72(54-33-31-47-17-5-7-21-51(47)43-54)63-28-13-12-27-62(63)70(64)53-32-30-46-16-4-6-20-50(46)42-53/h1-2,4-18,20-36,38-40,42-45,57,67H,3,19,37,41H2. The van der Waals surface area contributed by atoms with Gasteiger partial charge in [0.25, 0.3) is 0 Å². The van der Waals surface area contributed by atoms with Crippen molar-refractivity contribution in [2.45, 2.75) is 31.7 Å². The van der Waals surface area contributed by atoms with E-state index in [-0.39, 0.29) is 12.0 Å². The monoisotopic (exact) mass is 929 g/mol. The molecule has 1 aliphatic heterocycles. The van der Waals surface area contributed by atoms with Crippen LogP contribution in [0.3, 0.4) is 0 Å². The van der Waals surface area contributed by atoms with Crippen molar-refractivity contribution in [3.8, 4) is 33.4 Å². The van der Waals surface area contributed by atoms with Crippen LogP contribution in [0.25, 0.3) is 109 Å². The highest BCUT2D eigenvalue weighted by molar-refractivity contribution is 6.23. The number of anilines is 1. The predicted molar refractivity (Wildman–Crippen MR) is 313 cm³/mol. The summed E-state index contributed by atoms with van der Waals surface area (Å²) in [6.45, 7) is 0. The van der Waals surface area contributed by atoms with Gasteiger partial charge in [-0.1, -0.05) is 218 Å². The number of allylic oxidation sites excluding steroid dienone is 9. The Morgan fingerprint density at radius 1 is 0.356 bits per heavy atom. The lowest BCUT2D eigenvalue weighted by Gasteiger charge is -2.31. The number of nitrogens with zero attached hydrogens (tertiary/aromatic N) is 1. The first kappa shape index (κ1) is 42.0. The molecule has 1 heteroatoms. The minimum Gasteiger partial charge on any atom is -0.337 e. The Labute approximate surface area is 426 Å². The van der Waals surface area contributed by atoms with E-state index in [1.807, 2.05) is 0 Å². The van der Waals surface area contributed by atoms with Gasteiger partial charge in [0, 0.05) is 17.3 Å². The molecule has 11 aromatic rings. The van der Waals surface area contributed by atoms with Crippen molar-refractivity contribution >= 4 is 81.5 Å². The molecule has 1 heterocycles. The molecule has 2 atom stereocenters. The van der Waals surface area contributed by atoms with E-state index >= 15 is 0 Å². The molecule has 0 N–H and O–H groups in total. The van der Waals surface area contributed by atoms with Crippen molar-refractivity contribution in [3.05, 3.63) is 271 Å². The van der Waals surface area contributed by atoms with Crippen molar-refractivity contribution < 1.29 is 0 Å². The molecule has 0 saturated carbocycles. The lowest BCUT2D eigenvalue weighted by atomic mass is 9.80. The summed E-state index contributed by atoms with van der Waals surface area (Å²) in [6, 6.07) is 75.6. The van der Waals surface area contributed by atoms with Gasteiger partial charge in [0.15, 0.2) is 0 Å². The Balaban J connectivity index is 0.854. The molecule has 2 unspecified atom stereocenters. The Kier molecular flexibility index (Phi) is 9.73. The summed E-state index contributed by atoms with van der Waals surface area (Å²) in [7, 11) is 0. The minimum absolute atomic E-state index is 0.227. The van der Waals surface area contributed by atoms with E-state index < -0.39 is 0 Å². The van der Waals surface area contributed by atoms with Gasteiger partial charge < -0.3 is 4.90 Å². The first-order chi connectivity index (χ1) is 36.2. The number of rotatable bonds is 6. The molecular formula is C72H51N. The summed E-state index contributed by atoms with van der Waals surface area (Å²) in [4.78, 5) is 2.65. The number of hydrogen-bond donors (Lipinski definition) is 0. The molecule has 0 bridgehead atoms. The molecule has 0 aromatic heterocycles. The first-order valence-electron chi connectivity index (χ1n) is 26.2. The van der Waals surface area contributed by atoms with Gasteiger partial charge in [-0.3, -0.25) is 0 Å². The third-order valence-corrected chi connectivity index (χ3v) is 16.5. The zero-order chi connectivity index (χ0) is 48.0. The average molecular weight is 930 g/mol. The van der Waals surface area contributed by atoms with Crippen molar-refractivity contribution in [3.63, 3.8) is 0 Å². The van der Waals surface area contributed by atoms with Crippen LogP contribution in [0.4, 0.5) is 5.69 Å².